The fourth-order valence-corrected chi connectivity index (χ4v) is 4.17. The number of aromatic nitrogens is 2. The predicted octanol–water partition coefficient (Wildman–Crippen LogP) is 4.44. The van der Waals surface area contributed by atoms with Gasteiger partial charge >= 0.3 is 5.97 Å². The van der Waals surface area contributed by atoms with Crippen molar-refractivity contribution in [3.05, 3.63) is 78.4 Å². The van der Waals surface area contributed by atoms with Gasteiger partial charge in [-0.1, -0.05) is 24.3 Å². The van der Waals surface area contributed by atoms with Crippen LogP contribution < -0.4 is 10.1 Å². The van der Waals surface area contributed by atoms with E-state index in [0.29, 0.717) is 24.0 Å². The van der Waals surface area contributed by atoms with Gasteiger partial charge in [0.15, 0.2) is 0 Å². The minimum atomic E-state index is -0.976. The van der Waals surface area contributed by atoms with Gasteiger partial charge in [-0.2, -0.15) is 0 Å². The summed E-state index contributed by atoms with van der Waals surface area (Å²) in [5.74, 6) is 0.653. The Labute approximate surface area is 209 Å². The molecule has 0 unspecified atom stereocenters. The number of carbonyl (C=O) groups is 1. The Kier molecular flexibility index (Phi) is 7.35. The summed E-state index contributed by atoms with van der Waals surface area (Å²) in [5, 5.41) is 20.7. The average Bonchev–Trinajstić information content (AvgIpc) is 3.43. The van der Waals surface area contributed by atoms with Crippen LogP contribution in [0.1, 0.15) is 16.8 Å². The lowest BCUT2D eigenvalue weighted by Gasteiger charge is -2.26. The van der Waals surface area contributed by atoms with Crippen LogP contribution >= 0.6 is 0 Å². The Hall–Kier alpha value is -4.01. The van der Waals surface area contributed by atoms with Crippen molar-refractivity contribution >= 4 is 5.97 Å². The molecule has 0 atom stereocenters. The highest BCUT2D eigenvalue weighted by molar-refractivity contribution is 5.88. The first kappa shape index (κ1) is 23.7. The van der Waals surface area contributed by atoms with Crippen molar-refractivity contribution in [3.63, 3.8) is 0 Å². The first-order chi connectivity index (χ1) is 17.7. The third-order valence-electron chi connectivity index (χ3n) is 6.22. The van der Waals surface area contributed by atoms with Crippen LogP contribution in [0.3, 0.4) is 0 Å². The molecule has 4 aromatic rings. The average molecular weight is 485 g/mol. The zero-order valence-electron chi connectivity index (χ0n) is 19.9. The van der Waals surface area contributed by atoms with Crippen molar-refractivity contribution in [2.24, 2.45) is 0 Å². The third-order valence-corrected chi connectivity index (χ3v) is 6.22. The number of hydrogen-bond acceptors (Lipinski definition) is 7. The molecule has 2 N–H and O–H groups in total. The molecule has 3 aromatic carbocycles. The number of nitrogens with one attached hydrogen (secondary N) is 1. The Morgan fingerprint density at radius 2 is 1.36 bits per heavy atom. The largest absolute Gasteiger partial charge is 0.494 e. The van der Waals surface area contributed by atoms with Crippen molar-refractivity contribution in [1.29, 1.82) is 0 Å². The molecule has 1 aliphatic rings. The van der Waals surface area contributed by atoms with Crippen LogP contribution in [-0.2, 0) is 0 Å². The zero-order chi connectivity index (χ0) is 24.7. The molecule has 1 aliphatic heterocycles. The second-order valence-electron chi connectivity index (χ2n) is 8.69. The van der Waals surface area contributed by atoms with Crippen LogP contribution in [0.5, 0.6) is 5.75 Å². The number of benzene rings is 3. The lowest BCUT2D eigenvalue weighted by molar-refractivity contribution is 0.0697. The second kappa shape index (κ2) is 11.2. The van der Waals surface area contributed by atoms with Crippen molar-refractivity contribution in [1.82, 2.24) is 20.4 Å². The number of hydrogen-bond donors (Lipinski definition) is 2. The number of carboxylic acid groups (broad SMARTS) is 1. The Morgan fingerprint density at radius 3 is 1.94 bits per heavy atom. The van der Waals surface area contributed by atoms with E-state index in [-0.39, 0.29) is 5.56 Å². The predicted molar refractivity (Wildman–Crippen MR) is 137 cm³/mol. The van der Waals surface area contributed by atoms with Gasteiger partial charge < -0.3 is 24.5 Å². The number of ether oxygens (including phenoxy) is 1. The van der Waals surface area contributed by atoms with E-state index in [1.807, 2.05) is 36.4 Å². The van der Waals surface area contributed by atoms with E-state index in [9.17, 15) is 4.79 Å². The summed E-state index contributed by atoms with van der Waals surface area (Å²) < 4.78 is 11.7. The molecule has 1 saturated heterocycles. The maximum atomic E-state index is 11.0. The van der Waals surface area contributed by atoms with Gasteiger partial charge in [0.1, 0.15) is 5.75 Å². The van der Waals surface area contributed by atoms with E-state index in [4.69, 9.17) is 14.3 Å². The summed E-state index contributed by atoms with van der Waals surface area (Å²) in [5.41, 5.74) is 3.86. The molecule has 1 fully saturated rings. The molecule has 8 nitrogen and oxygen atoms in total. The van der Waals surface area contributed by atoms with Crippen molar-refractivity contribution < 1.29 is 19.1 Å². The molecule has 0 spiro atoms. The highest BCUT2D eigenvalue weighted by atomic mass is 16.5. The van der Waals surface area contributed by atoms with E-state index in [2.05, 4.69) is 32.5 Å². The molecule has 0 radical (unpaired) electrons. The SMILES string of the molecule is O=C(O)c1ccc(-c2nnc(-c3ccc(-c4ccc(OCCCN5CCNCC5)cc4)cc3)o2)cc1. The molecule has 8 heteroatoms. The van der Waals surface area contributed by atoms with E-state index >= 15 is 0 Å². The summed E-state index contributed by atoms with van der Waals surface area (Å²) >= 11 is 0. The summed E-state index contributed by atoms with van der Waals surface area (Å²) in [6.45, 7) is 6.17. The fraction of sp³-hybridized carbons (Fsp3) is 0.250. The molecule has 0 amide bonds. The van der Waals surface area contributed by atoms with E-state index in [1.54, 1.807) is 12.1 Å². The van der Waals surface area contributed by atoms with Crippen LogP contribution in [0.2, 0.25) is 0 Å². The quantitative estimate of drug-likeness (QED) is 0.336. The molecule has 5 rings (SSSR count). The monoisotopic (exact) mass is 484 g/mol. The summed E-state index contributed by atoms with van der Waals surface area (Å²) in [7, 11) is 0. The summed E-state index contributed by atoms with van der Waals surface area (Å²) in [4.78, 5) is 13.5. The van der Waals surface area contributed by atoms with Crippen molar-refractivity contribution in [3.8, 4) is 39.8 Å². The first-order valence-electron chi connectivity index (χ1n) is 12.1. The van der Waals surface area contributed by atoms with E-state index in [1.165, 1.54) is 12.1 Å². The van der Waals surface area contributed by atoms with Crippen LogP contribution in [-0.4, -0.2) is 65.5 Å². The number of aromatic carboxylic acids is 1. The maximum absolute atomic E-state index is 11.0. The van der Waals surface area contributed by atoms with Gasteiger partial charge in [-0.25, -0.2) is 4.79 Å². The van der Waals surface area contributed by atoms with Gasteiger partial charge in [0.05, 0.1) is 12.2 Å². The van der Waals surface area contributed by atoms with Crippen LogP contribution in [0.4, 0.5) is 0 Å². The highest BCUT2D eigenvalue weighted by Crippen LogP contribution is 2.28. The van der Waals surface area contributed by atoms with Gasteiger partial charge in [0.2, 0.25) is 11.8 Å². The molecule has 36 heavy (non-hydrogen) atoms. The van der Waals surface area contributed by atoms with Gasteiger partial charge in [0.25, 0.3) is 0 Å². The standard InChI is InChI=1S/C28H28N4O4/c33-28(34)24-8-6-23(7-9-24)27-31-30-26(36-27)22-4-2-20(3-5-22)21-10-12-25(13-11-21)35-19-1-16-32-17-14-29-15-18-32/h2-13,29H,1,14-19H2,(H,33,34). The summed E-state index contributed by atoms with van der Waals surface area (Å²) in [6, 6.07) is 22.4. The lowest BCUT2D eigenvalue weighted by atomic mass is 10.0. The van der Waals surface area contributed by atoms with Crippen molar-refractivity contribution in [2.45, 2.75) is 6.42 Å². The smallest absolute Gasteiger partial charge is 0.335 e. The van der Waals surface area contributed by atoms with Gasteiger partial charge in [0, 0.05) is 43.9 Å². The molecule has 0 aliphatic carbocycles. The molecule has 0 saturated carbocycles. The second-order valence-corrected chi connectivity index (χ2v) is 8.69. The Bertz CT molecular complexity index is 1280. The van der Waals surface area contributed by atoms with Gasteiger partial charge in [-0.05, 0) is 66.1 Å². The third kappa shape index (κ3) is 5.79. The topological polar surface area (TPSA) is 101 Å². The maximum Gasteiger partial charge on any atom is 0.335 e. The van der Waals surface area contributed by atoms with Gasteiger partial charge in [-0.3, -0.25) is 0 Å². The van der Waals surface area contributed by atoms with Crippen LogP contribution in [0, 0.1) is 0 Å². The van der Waals surface area contributed by atoms with E-state index in [0.717, 1.165) is 61.6 Å². The molecule has 2 heterocycles. The molecular formula is C28H28N4O4. The van der Waals surface area contributed by atoms with Crippen LogP contribution in [0.25, 0.3) is 34.0 Å². The normalized spacial score (nSPS) is 14.0. The highest BCUT2D eigenvalue weighted by Gasteiger charge is 2.12. The number of piperazine rings is 1. The van der Waals surface area contributed by atoms with E-state index < -0.39 is 5.97 Å². The lowest BCUT2D eigenvalue weighted by Crippen LogP contribution is -2.43. The minimum absolute atomic E-state index is 0.208. The molecule has 0 bridgehead atoms. The first-order valence-corrected chi connectivity index (χ1v) is 12.1. The zero-order valence-corrected chi connectivity index (χ0v) is 19.9. The molecular weight excluding hydrogens is 456 g/mol. The van der Waals surface area contributed by atoms with Crippen molar-refractivity contribution in [2.75, 3.05) is 39.3 Å². The van der Waals surface area contributed by atoms with Gasteiger partial charge in [-0.15, -0.1) is 10.2 Å². The minimum Gasteiger partial charge on any atom is -0.494 e. The molecule has 1 aromatic heterocycles. The molecule has 184 valence electrons. The summed E-state index contributed by atoms with van der Waals surface area (Å²) in [6.07, 6.45) is 1.02. The fourth-order valence-electron chi connectivity index (χ4n) is 4.17. The Morgan fingerprint density at radius 1 is 0.833 bits per heavy atom. The van der Waals surface area contributed by atoms with Crippen LogP contribution in [0.15, 0.2) is 77.2 Å². The number of rotatable bonds is 9. The number of carboxylic acids is 1. The Balaban J connectivity index is 1.16. The number of nitrogens with zero attached hydrogens (tertiary/aromatic N) is 3.